The Bertz CT molecular complexity index is 410. The second kappa shape index (κ2) is 6.26. The number of carbonyl (C=O) groups excluding carboxylic acids is 1. The smallest absolute Gasteiger partial charge is 0.239 e. The maximum Gasteiger partial charge on any atom is 0.239 e. The molecule has 0 radical (unpaired) electrons. The fourth-order valence-electron chi connectivity index (χ4n) is 2.13. The number of aromatic nitrogens is 1. The lowest BCUT2D eigenvalue weighted by molar-refractivity contribution is -0.117. The van der Waals surface area contributed by atoms with Gasteiger partial charge in [0.1, 0.15) is 5.82 Å². The van der Waals surface area contributed by atoms with Crippen LogP contribution in [0.1, 0.15) is 12.8 Å². The molecule has 0 unspecified atom stereocenters. The van der Waals surface area contributed by atoms with Crippen molar-refractivity contribution >= 4 is 27.7 Å². The van der Waals surface area contributed by atoms with Gasteiger partial charge in [-0.1, -0.05) is 0 Å². The van der Waals surface area contributed by atoms with Crippen LogP contribution in [0.15, 0.2) is 22.8 Å². The fourth-order valence-corrected chi connectivity index (χ4v) is 2.36. The lowest BCUT2D eigenvalue weighted by Crippen LogP contribution is -2.38. The highest BCUT2D eigenvalue weighted by molar-refractivity contribution is 9.10. The van der Waals surface area contributed by atoms with Gasteiger partial charge in [0, 0.05) is 16.7 Å². The molecule has 0 aromatic carbocycles. The predicted molar refractivity (Wildman–Crippen MR) is 72.2 cm³/mol. The number of amides is 1. The van der Waals surface area contributed by atoms with Gasteiger partial charge in [-0.15, -0.1) is 0 Å². The molecule has 0 spiro atoms. The zero-order valence-electron chi connectivity index (χ0n) is 9.97. The first-order valence-electron chi connectivity index (χ1n) is 5.95. The highest BCUT2D eigenvalue weighted by Gasteiger charge is 2.25. The van der Waals surface area contributed by atoms with Gasteiger partial charge in [-0.25, -0.2) is 4.98 Å². The Morgan fingerprint density at radius 3 is 3.11 bits per heavy atom. The molecule has 1 atom stereocenters. The number of aliphatic hydroxyl groups is 1. The molecule has 2 heterocycles. The Hall–Kier alpha value is -0.980. The Morgan fingerprint density at radius 1 is 1.61 bits per heavy atom. The molecule has 1 fully saturated rings. The first-order chi connectivity index (χ1) is 8.69. The average Bonchev–Trinajstić information content (AvgIpc) is 2.79. The Labute approximate surface area is 114 Å². The van der Waals surface area contributed by atoms with Gasteiger partial charge >= 0.3 is 0 Å². The molecule has 1 aliphatic heterocycles. The number of rotatable bonds is 4. The summed E-state index contributed by atoms with van der Waals surface area (Å²) in [6.45, 7) is 1.29. The molecule has 0 saturated carbocycles. The van der Waals surface area contributed by atoms with Crippen LogP contribution in [-0.2, 0) is 4.79 Å². The van der Waals surface area contributed by atoms with Gasteiger partial charge in [-0.2, -0.15) is 0 Å². The number of likely N-dealkylation sites (tertiary alicyclic amines) is 1. The minimum absolute atomic E-state index is 0.0924. The summed E-state index contributed by atoms with van der Waals surface area (Å²) in [6.07, 6.45) is 3.64. The van der Waals surface area contributed by atoms with Gasteiger partial charge in [0.15, 0.2) is 0 Å². The molecule has 1 saturated heterocycles. The average molecular weight is 314 g/mol. The molecule has 98 valence electrons. The van der Waals surface area contributed by atoms with Crippen molar-refractivity contribution in [3.05, 3.63) is 22.8 Å². The van der Waals surface area contributed by atoms with Crippen LogP contribution in [0.2, 0.25) is 0 Å². The van der Waals surface area contributed by atoms with Gasteiger partial charge < -0.3 is 10.4 Å². The number of anilines is 1. The summed E-state index contributed by atoms with van der Waals surface area (Å²) in [7, 11) is 0. The molecule has 5 nitrogen and oxygen atoms in total. The zero-order valence-corrected chi connectivity index (χ0v) is 11.6. The molecule has 6 heteroatoms. The van der Waals surface area contributed by atoms with E-state index in [0.717, 1.165) is 23.9 Å². The van der Waals surface area contributed by atoms with Crippen molar-refractivity contribution < 1.29 is 9.90 Å². The SMILES string of the molecule is O=C(CN1CCC[C@@H]1CO)Nc1ccc(Br)cn1. The molecule has 18 heavy (non-hydrogen) atoms. The Kier molecular flexibility index (Phi) is 4.68. The number of nitrogens with one attached hydrogen (secondary N) is 1. The Balaban J connectivity index is 1.86. The van der Waals surface area contributed by atoms with E-state index in [-0.39, 0.29) is 18.6 Å². The number of nitrogens with zero attached hydrogens (tertiary/aromatic N) is 2. The van der Waals surface area contributed by atoms with Crippen molar-refractivity contribution in [3.63, 3.8) is 0 Å². The highest BCUT2D eigenvalue weighted by atomic mass is 79.9. The second-order valence-corrected chi connectivity index (χ2v) is 5.27. The summed E-state index contributed by atoms with van der Waals surface area (Å²) in [6, 6.07) is 3.69. The van der Waals surface area contributed by atoms with E-state index in [0.29, 0.717) is 12.4 Å². The third kappa shape index (κ3) is 3.51. The summed E-state index contributed by atoms with van der Waals surface area (Å²) in [5.74, 6) is 0.452. The molecule has 0 aliphatic carbocycles. The van der Waals surface area contributed by atoms with Crippen LogP contribution < -0.4 is 5.32 Å². The van der Waals surface area contributed by atoms with Crippen molar-refractivity contribution in [2.45, 2.75) is 18.9 Å². The number of halogens is 1. The quantitative estimate of drug-likeness (QED) is 0.877. The second-order valence-electron chi connectivity index (χ2n) is 4.36. The van der Waals surface area contributed by atoms with Crippen LogP contribution in [-0.4, -0.2) is 46.6 Å². The number of hydrogen-bond donors (Lipinski definition) is 2. The number of carbonyl (C=O) groups is 1. The number of pyridine rings is 1. The van der Waals surface area contributed by atoms with E-state index in [9.17, 15) is 9.90 Å². The largest absolute Gasteiger partial charge is 0.395 e. The summed E-state index contributed by atoms with van der Waals surface area (Å²) >= 11 is 3.29. The van der Waals surface area contributed by atoms with Crippen LogP contribution in [0.3, 0.4) is 0 Å². The lowest BCUT2D eigenvalue weighted by atomic mass is 10.2. The van der Waals surface area contributed by atoms with Crippen LogP contribution in [0.4, 0.5) is 5.82 Å². The third-order valence-corrected chi connectivity index (χ3v) is 3.52. The number of hydrogen-bond acceptors (Lipinski definition) is 4. The molecule has 2 N–H and O–H groups in total. The van der Waals surface area contributed by atoms with Crippen molar-refractivity contribution in [3.8, 4) is 0 Å². The van der Waals surface area contributed by atoms with E-state index in [1.54, 1.807) is 12.3 Å². The van der Waals surface area contributed by atoms with Crippen molar-refractivity contribution in [2.24, 2.45) is 0 Å². The van der Waals surface area contributed by atoms with Gasteiger partial charge in [0.2, 0.25) is 5.91 Å². The third-order valence-electron chi connectivity index (χ3n) is 3.05. The van der Waals surface area contributed by atoms with E-state index in [2.05, 4.69) is 26.2 Å². The monoisotopic (exact) mass is 313 g/mol. The van der Waals surface area contributed by atoms with Gasteiger partial charge in [0.25, 0.3) is 0 Å². The molecule has 0 bridgehead atoms. The van der Waals surface area contributed by atoms with E-state index in [4.69, 9.17) is 0 Å². The first-order valence-corrected chi connectivity index (χ1v) is 6.74. The van der Waals surface area contributed by atoms with E-state index >= 15 is 0 Å². The zero-order chi connectivity index (χ0) is 13.0. The molecule has 1 amide bonds. The topological polar surface area (TPSA) is 65.5 Å². The fraction of sp³-hybridized carbons (Fsp3) is 0.500. The van der Waals surface area contributed by atoms with Crippen LogP contribution in [0.5, 0.6) is 0 Å². The van der Waals surface area contributed by atoms with Crippen molar-refractivity contribution in [2.75, 3.05) is 25.0 Å². The van der Waals surface area contributed by atoms with Gasteiger partial charge in [-0.05, 0) is 47.4 Å². The lowest BCUT2D eigenvalue weighted by Gasteiger charge is -2.21. The summed E-state index contributed by atoms with van der Waals surface area (Å²) in [5, 5.41) is 11.9. The van der Waals surface area contributed by atoms with Gasteiger partial charge in [-0.3, -0.25) is 9.69 Å². The van der Waals surface area contributed by atoms with E-state index in [1.807, 2.05) is 11.0 Å². The Morgan fingerprint density at radius 2 is 2.44 bits per heavy atom. The van der Waals surface area contributed by atoms with E-state index < -0.39 is 0 Å². The minimum atomic E-state index is -0.0924. The standard InChI is InChI=1S/C12H16BrN3O2/c13-9-3-4-11(14-6-9)15-12(18)7-16-5-1-2-10(16)8-17/h3-4,6,10,17H,1-2,5,7-8H2,(H,14,15,18)/t10-/m1/s1. The summed E-state index contributed by atoms with van der Waals surface area (Å²) in [5.41, 5.74) is 0. The van der Waals surface area contributed by atoms with Crippen LogP contribution in [0, 0.1) is 0 Å². The maximum atomic E-state index is 11.8. The summed E-state index contributed by atoms with van der Waals surface area (Å²) in [4.78, 5) is 17.9. The molecular formula is C12H16BrN3O2. The van der Waals surface area contributed by atoms with E-state index in [1.165, 1.54) is 0 Å². The summed E-state index contributed by atoms with van der Waals surface area (Å²) < 4.78 is 0.875. The van der Waals surface area contributed by atoms with Gasteiger partial charge in [0.05, 0.1) is 13.2 Å². The molecule has 1 aliphatic rings. The van der Waals surface area contributed by atoms with Crippen LogP contribution in [0.25, 0.3) is 0 Å². The minimum Gasteiger partial charge on any atom is -0.395 e. The maximum absolute atomic E-state index is 11.8. The molecule has 2 rings (SSSR count). The molecular weight excluding hydrogens is 298 g/mol. The number of aliphatic hydroxyl groups excluding tert-OH is 1. The molecule has 1 aromatic rings. The first kappa shape index (κ1) is 13.5. The normalized spacial score (nSPS) is 20.0. The highest BCUT2D eigenvalue weighted by Crippen LogP contribution is 2.16. The van der Waals surface area contributed by atoms with Crippen molar-refractivity contribution in [1.82, 2.24) is 9.88 Å². The van der Waals surface area contributed by atoms with Crippen LogP contribution >= 0.6 is 15.9 Å². The van der Waals surface area contributed by atoms with Crippen molar-refractivity contribution in [1.29, 1.82) is 0 Å². The molecule has 1 aromatic heterocycles. The predicted octanol–water partition coefficient (Wildman–Crippen LogP) is 1.24.